The predicted octanol–water partition coefficient (Wildman–Crippen LogP) is 4.28. The molecule has 0 spiro atoms. The van der Waals surface area contributed by atoms with Crippen LogP contribution < -0.4 is 4.74 Å². The zero-order chi connectivity index (χ0) is 18.4. The number of hydrogen-bond donors (Lipinski definition) is 0. The number of ether oxygens (including phenoxy) is 2. The van der Waals surface area contributed by atoms with Crippen LogP contribution >= 0.6 is 0 Å². The monoisotopic (exact) mass is 344 g/mol. The average Bonchev–Trinajstić information content (AvgIpc) is 2.59. The van der Waals surface area contributed by atoms with E-state index in [0.29, 0.717) is 17.8 Å². The third kappa shape index (κ3) is 5.45. The van der Waals surface area contributed by atoms with Crippen molar-refractivity contribution in [1.82, 2.24) is 0 Å². The molecule has 0 N–H and O–H groups in total. The molecule has 1 aromatic rings. The number of hydrogen-bond acceptors (Lipinski definition) is 4. The van der Waals surface area contributed by atoms with E-state index in [1.54, 1.807) is 25.3 Å². The standard InChI is InChI=1S/C21H28O4/c1-14(2)18-11-5-15(3)13-20(18)25-21(23)19(22)12-8-16-6-9-17(24-4)10-7-16/h6-10,12,14-15,18,20H,5,11,13H2,1-4H3/b12-8+/t15-,18+,20-/m1/s1. The van der Waals surface area contributed by atoms with E-state index in [-0.39, 0.29) is 6.10 Å². The predicted molar refractivity (Wildman–Crippen MR) is 98.3 cm³/mol. The molecule has 0 heterocycles. The highest BCUT2D eigenvalue weighted by Gasteiger charge is 2.34. The molecular formula is C21H28O4. The molecule has 1 saturated carbocycles. The van der Waals surface area contributed by atoms with Crippen LogP contribution in [-0.2, 0) is 14.3 Å². The second kappa shape index (κ2) is 8.84. The fraction of sp³-hybridized carbons (Fsp3) is 0.524. The molecule has 4 heteroatoms. The lowest BCUT2D eigenvalue weighted by molar-refractivity contribution is -0.161. The quantitative estimate of drug-likeness (QED) is 0.439. The van der Waals surface area contributed by atoms with Crippen LogP contribution in [0.3, 0.4) is 0 Å². The van der Waals surface area contributed by atoms with Crippen LogP contribution in [0, 0.1) is 17.8 Å². The van der Waals surface area contributed by atoms with E-state index in [9.17, 15) is 9.59 Å². The summed E-state index contributed by atoms with van der Waals surface area (Å²) >= 11 is 0. The number of ketones is 1. The summed E-state index contributed by atoms with van der Waals surface area (Å²) in [4.78, 5) is 24.2. The number of carbonyl (C=O) groups excluding carboxylic acids is 2. The summed E-state index contributed by atoms with van der Waals surface area (Å²) in [5.41, 5.74) is 0.827. The summed E-state index contributed by atoms with van der Waals surface area (Å²) in [5, 5.41) is 0. The first-order chi connectivity index (χ1) is 11.9. The smallest absolute Gasteiger partial charge is 0.379 e. The van der Waals surface area contributed by atoms with Crippen molar-refractivity contribution in [3.63, 3.8) is 0 Å². The molecule has 25 heavy (non-hydrogen) atoms. The Morgan fingerprint density at radius 2 is 1.84 bits per heavy atom. The van der Waals surface area contributed by atoms with Gasteiger partial charge in [0, 0.05) is 0 Å². The zero-order valence-electron chi connectivity index (χ0n) is 15.5. The third-order valence-corrected chi connectivity index (χ3v) is 4.96. The minimum absolute atomic E-state index is 0.158. The molecule has 1 aliphatic rings. The van der Waals surface area contributed by atoms with Gasteiger partial charge in [-0.05, 0) is 54.4 Å². The van der Waals surface area contributed by atoms with E-state index in [1.807, 2.05) is 12.1 Å². The highest BCUT2D eigenvalue weighted by molar-refractivity contribution is 6.39. The second-order valence-electron chi connectivity index (χ2n) is 7.24. The maximum absolute atomic E-state index is 12.2. The normalized spacial score (nSPS) is 23.6. The lowest BCUT2D eigenvalue weighted by Gasteiger charge is -2.36. The number of carbonyl (C=O) groups is 2. The van der Waals surface area contributed by atoms with Crippen LogP contribution in [0.1, 0.15) is 45.6 Å². The minimum atomic E-state index is -0.755. The van der Waals surface area contributed by atoms with Crippen molar-refractivity contribution in [2.45, 2.75) is 46.1 Å². The van der Waals surface area contributed by atoms with Gasteiger partial charge in [0.25, 0.3) is 5.78 Å². The molecule has 0 saturated heterocycles. The highest BCUT2D eigenvalue weighted by Crippen LogP contribution is 2.35. The molecule has 4 nitrogen and oxygen atoms in total. The van der Waals surface area contributed by atoms with Crippen molar-refractivity contribution in [2.75, 3.05) is 7.11 Å². The van der Waals surface area contributed by atoms with Gasteiger partial charge in [-0.3, -0.25) is 4.79 Å². The molecular weight excluding hydrogens is 316 g/mol. The Morgan fingerprint density at radius 1 is 1.16 bits per heavy atom. The molecule has 1 aliphatic carbocycles. The summed E-state index contributed by atoms with van der Waals surface area (Å²) in [7, 11) is 1.60. The lowest BCUT2D eigenvalue weighted by atomic mass is 9.75. The molecule has 0 aliphatic heterocycles. The summed E-state index contributed by atoms with van der Waals surface area (Å²) < 4.78 is 10.7. The summed E-state index contributed by atoms with van der Waals surface area (Å²) in [6.45, 7) is 6.46. The van der Waals surface area contributed by atoms with Crippen LogP contribution in [0.5, 0.6) is 5.75 Å². The van der Waals surface area contributed by atoms with Crippen LogP contribution in [0.15, 0.2) is 30.3 Å². The van der Waals surface area contributed by atoms with Crippen molar-refractivity contribution >= 4 is 17.8 Å². The molecule has 0 bridgehead atoms. The van der Waals surface area contributed by atoms with Gasteiger partial charge in [-0.15, -0.1) is 0 Å². The van der Waals surface area contributed by atoms with Crippen molar-refractivity contribution < 1.29 is 19.1 Å². The largest absolute Gasteiger partial charge is 0.497 e. The summed E-state index contributed by atoms with van der Waals surface area (Å²) in [6.07, 6.45) is 5.78. The summed E-state index contributed by atoms with van der Waals surface area (Å²) in [5.74, 6) is 0.673. The molecule has 3 atom stereocenters. The van der Waals surface area contributed by atoms with E-state index in [0.717, 1.165) is 30.6 Å². The first-order valence-electron chi connectivity index (χ1n) is 8.97. The molecule has 0 radical (unpaired) electrons. The van der Waals surface area contributed by atoms with Gasteiger partial charge in [-0.2, -0.15) is 0 Å². The Hall–Kier alpha value is -2.10. The molecule has 2 rings (SSSR count). The van der Waals surface area contributed by atoms with Gasteiger partial charge < -0.3 is 9.47 Å². The van der Waals surface area contributed by atoms with Crippen LogP contribution in [0.25, 0.3) is 6.08 Å². The number of esters is 1. The minimum Gasteiger partial charge on any atom is -0.497 e. The molecule has 0 amide bonds. The summed E-state index contributed by atoms with van der Waals surface area (Å²) in [6, 6.07) is 7.26. The fourth-order valence-corrected chi connectivity index (χ4v) is 3.40. The third-order valence-electron chi connectivity index (χ3n) is 4.96. The topological polar surface area (TPSA) is 52.6 Å². The second-order valence-corrected chi connectivity index (χ2v) is 7.24. The molecule has 1 aromatic carbocycles. The molecule has 0 unspecified atom stereocenters. The van der Waals surface area contributed by atoms with Crippen molar-refractivity contribution in [3.05, 3.63) is 35.9 Å². The van der Waals surface area contributed by atoms with E-state index in [1.165, 1.54) is 6.08 Å². The number of methoxy groups -OCH3 is 1. The Balaban J connectivity index is 1.96. The SMILES string of the molecule is COc1ccc(/C=C/C(=O)C(=O)O[C@@H]2C[C@H](C)CC[C@H]2C(C)C)cc1. The first-order valence-corrected chi connectivity index (χ1v) is 8.97. The van der Waals surface area contributed by atoms with E-state index in [2.05, 4.69) is 20.8 Å². The molecule has 1 fully saturated rings. The van der Waals surface area contributed by atoms with Crippen LogP contribution in [-0.4, -0.2) is 25.0 Å². The van der Waals surface area contributed by atoms with Gasteiger partial charge in [0.15, 0.2) is 0 Å². The average molecular weight is 344 g/mol. The maximum Gasteiger partial charge on any atom is 0.379 e. The molecule has 136 valence electrons. The van der Waals surface area contributed by atoms with E-state index < -0.39 is 11.8 Å². The number of rotatable bonds is 6. The van der Waals surface area contributed by atoms with Crippen LogP contribution in [0.4, 0.5) is 0 Å². The highest BCUT2D eigenvalue weighted by atomic mass is 16.5. The van der Waals surface area contributed by atoms with Crippen molar-refractivity contribution in [3.8, 4) is 5.75 Å². The van der Waals surface area contributed by atoms with E-state index in [4.69, 9.17) is 9.47 Å². The van der Waals surface area contributed by atoms with Gasteiger partial charge in [-0.1, -0.05) is 45.4 Å². The molecule has 0 aromatic heterocycles. The Labute approximate surface area is 150 Å². The lowest BCUT2D eigenvalue weighted by Crippen LogP contribution is -2.37. The fourth-order valence-electron chi connectivity index (χ4n) is 3.40. The van der Waals surface area contributed by atoms with Gasteiger partial charge in [0.05, 0.1) is 7.11 Å². The van der Waals surface area contributed by atoms with Crippen molar-refractivity contribution in [2.24, 2.45) is 17.8 Å². The van der Waals surface area contributed by atoms with E-state index >= 15 is 0 Å². The van der Waals surface area contributed by atoms with Gasteiger partial charge in [0.1, 0.15) is 11.9 Å². The maximum atomic E-state index is 12.2. The first kappa shape index (κ1) is 19.2. The Kier molecular flexibility index (Phi) is 6.80. The van der Waals surface area contributed by atoms with Gasteiger partial charge >= 0.3 is 5.97 Å². The van der Waals surface area contributed by atoms with Crippen molar-refractivity contribution in [1.29, 1.82) is 0 Å². The van der Waals surface area contributed by atoms with Gasteiger partial charge in [0.2, 0.25) is 0 Å². The number of benzene rings is 1. The van der Waals surface area contributed by atoms with Crippen LogP contribution in [0.2, 0.25) is 0 Å². The Bertz CT molecular complexity index is 615. The zero-order valence-corrected chi connectivity index (χ0v) is 15.5. The Morgan fingerprint density at radius 3 is 2.44 bits per heavy atom. The van der Waals surface area contributed by atoms with Gasteiger partial charge in [-0.25, -0.2) is 4.79 Å².